The maximum atomic E-state index is 13.9. The molecule has 1 atom stereocenters. The summed E-state index contributed by atoms with van der Waals surface area (Å²) in [4.78, 5) is 34.9. The molecule has 7 heteroatoms. The minimum atomic E-state index is -0.437. The predicted molar refractivity (Wildman–Crippen MR) is 142 cm³/mol. The zero-order chi connectivity index (χ0) is 24.8. The number of benzene rings is 2. The Kier molecular flexibility index (Phi) is 7.98. The van der Waals surface area contributed by atoms with E-state index in [1.165, 1.54) is 11.3 Å². The van der Waals surface area contributed by atoms with Gasteiger partial charge in [-0.05, 0) is 56.0 Å². The van der Waals surface area contributed by atoms with Gasteiger partial charge >= 0.3 is 0 Å². The van der Waals surface area contributed by atoms with Gasteiger partial charge in [0.2, 0.25) is 0 Å². The van der Waals surface area contributed by atoms with Gasteiger partial charge in [0.1, 0.15) is 11.6 Å². The van der Waals surface area contributed by atoms with Crippen LogP contribution >= 0.6 is 11.3 Å². The highest BCUT2D eigenvalue weighted by Crippen LogP contribution is 2.29. The summed E-state index contributed by atoms with van der Waals surface area (Å²) in [6, 6.07) is 18.1. The van der Waals surface area contributed by atoms with Crippen molar-refractivity contribution in [2.75, 3.05) is 13.2 Å². The summed E-state index contributed by atoms with van der Waals surface area (Å²) in [5.74, 6) is 1.07. The molecule has 4 aromatic rings. The zero-order valence-corrected chi connectivity index (χ0v) is 21.3. The number of thiophene rings is 1. The van der Waals surface area contributed by atoms with Gasteiger partial charge in [-0.25, -0.2) is 4.98 Å². The standard InChI is InChI=1S/C28H31N3O3S/c1-4-6-11-18-30(28(33)25-17-12-19-35-25)20(3)26-29-22-14-8-7-13-21(22)27(32)31(26)23-15-9-10-16-24(23)34-5-2/h7-10,12-17,19-20H,4-6,11,18H2,1-3H3. The highest BCUT2D eigenvalue weighted by atomic mass is 32.1. The first kappa shape index (κ1) is 24.7. The predicted octanol–water partition coefficient (Wildman–Crippen LogP) is 6.24. The molecule has 0 radical (unpaired) electrons. The van der Waals surface area contributed by atoms with E-state index in [2.05, 4.69) is 6.92 Å². The van der Waals surface area contributed by atoms with Crippen LogP contribution in [0.2, 0.25) is 0 Å². The van der Waals surface area contributed by atoms with Crippen LogP contribution in [0, 0.1) is 0 Å². The molecule has 2 aromatic heterocycles. The van der Waals surface area contributed by atoms with Gasteiger partial charge in [-0.2, -0.15) is 0 Å². The van der Waals surface area contributed by atoms with Crippen molar-refractivity contribution in [1.29, 1.82) is 0 Å². The number of rotatable bonds is 10. The molecule has 182 valence electrons. The summed E-state index contributed by atoms with van der Waals surface area (Å²) >= 11 is 1.43. The molecule has 0 N–H and O–H groups in total. The molecule has 35 heavy (non-hydrogen) atoms. The molecule has 2 heterocycles. The normalized spacial score (nSPS) is 12.0. The Morgan fingerprint density at radius 1 is 1.06 bits per heavy atom. The van der Waals surface area contributed by atoms with E-state index in [1.807, 2.05) is 78.7 Å². The highest BCUT2D eigenvalue weighted by molar-refractivity contribution is 7.12. The van der Waals surface area contributed by atoms with E-state index < -0.39 is 6.04 Å². The number of carbonyl (C=O) groups excluding carboxylic acids is 1. The number of unbranched alkanes of at least 4 members (excludes halogenated alkanes) is 2. The van der Waals surface area contributed by atoms with Crippen LogP contribution in [0.25, 0.3) is 16.6 Å². The summed E-state index contributed by atoms with van der Waals surface area (Å²) in [7, 11) is 0. The van der Waals surface area contributed by atoms with Crippen LogP contribution in [0.4, 0.5) is 0 Å². The van der Waals surface area contributed by atoms with Gasteiger partial charge < -0.3 is 9.64 Å². The molecule has 0 saturated heterocycles. The smallest absolute Gasteiger partial charge is 0.266 e. The SMILES string of the molecule is CCCCCN(C(=O)c1cccs1)C(C)c1nc2ccccc2c(=O)n1-c1ccccc1OCC. The Morgan fingerprint density at radius 2 is 1.83 bits per heavy atom. The number of hydrogen-bond donors (Lipinski definition) is 0. The molecule has 0 fully saturated rings. The highest BCUT2D eigenvalue weighted by Gasteiger charge is 2.28. The number of hydrogen-bond acceptors (Lipinski definition) is 5. The molecule has 0 saturated carbocycles. The van der Waals surface area contributed by atoms with Gasteiger partial charge in [0, 0.05) is 6.54 Å². The maximum absolute atomic E-state index is 13.9. The first-order valence-electron chi connectivity index (χ1n) is 12.1. The molecular weight excluding hydrogens is 458 g/mol. The number of ether oxygens (including phenoxy) is 1. The number of carbonyl (C=O) groups is 1. The number of amides is 1. The molecule has 0 aliphatic rings. The average molecular weight is 490 g/mol. The van der Waals surface area contributed by atoms with Crippen LogP contribution in [-0.4, -0.2) is 33.5 Å². The van der Waals surface area contributed by atoms with E-state index in [0.717, 1.165) is 19.3 Å². The molecule has 4 rings (SSSR count). The Labute approximate surface area is 209 Å². The molecule has 0 aliphatic carbocycles. The van der Waals surface area contributed by atoms with Crippen molar-refractivity contribution in [2.24, 2.45) is 0 Å². The van der Waals surface area contributed by atoms with Crippen LogP contribution in [-0.2, 0) is 0 Å². The van der Waals surface area contributed by atoms with Crippen molar-refractivity contribution in [3.05, 3.63) is 87.1 Å². The fourth-order valence-corrected chi connectivity index (χ4v) is 4.95. The van der Waals surface area contributed by atoms with E-state index in [-0.39, 0.29) is 11.5 Å². The van der Waals surface area contributed by atoms with Crippen molar-refractivity contribution in [3.63, 3.8) is 0 Å². The van der Waals surface area contributed by atoms with E-state index in [9.17, 15) is 9.59 Å². The number of aromatic nitrogens is 2. The summed E-state index contributed by atoms with van der Waals surface area (Å²) in [6.45, 7) is 7.06. The molecule has 1 amide bonds. The van der Waals surface area contributed by atoms with Gasteiger partial charge in [0.05, 0.1) is 34.1 Å². The fourth-order valence-electron chi connectivity index (χ4n) is 4.27. The first-order valence-corrected chi connectivity index (χ1v) is 13.0. The summed E-state index contributed by atoms with van der Waals surface area (Å²) in [5.41, 5.74) is 1.06. The van der Waals surface area contributed by atoms with Gasteiger partial charge in [-0.1, -0.05) is 50.1 Å². The molecule has 1 unspecified atom stereocenters. The maximum Gasteiger partial charge on any atom is 0.266 e. The van der Waals surface area contributed by atoms with Crippen molar-refractivity contribution < 1.29 is 9.53 Å². The van der Waals surface area contributed by atoms with Crippen LogP contribution in [0.5, 0.6) is 5.75 Å². The molecule has 0 spiro atoms. The molecule has 2 aromatic carbocycles. The zero-order valence-electron chi connectivity index (χ0n) is 20.4. The van der Waals surface area contributed by atoms with Crippen molar-refractivity contribution in [3.8, 4) is 11.4 Å². The lowest BCUT2D eigenvalue weighted by Crippen LogP contribution is -2.38. The lowest BCUT2D eigenvalue weighted by atomic mass is 10.1. The minimum Gasteiger partial charge on any atom is -0.492 e. The minimum absolute atomic E-state index is 0.0457. The third-order valence-corrected chi connectivity index (χ3v) is 6.90. The lowest BCUT2D eigenvalue weighted by molar-refractivity contribution is 0.0682. The summed E-state index contributed by atoms with van der Waals surface area (Å²) < 4.78 is 7.49. The number of fused-ring (bicyclic) bond motifs is 1. The van der Waals surface area contributed by atoms with Gasteiger partial charge in [-0.3, -0.25) is 14.2 Å². The molecule has 0 aliphatic heterocycles. The van der Waals surface area contributed by atoms with Gasteiger partial charge in [-0.15, -0.1) is 11.3 Å². The Balaban J connectivity index is 1.91. The fraction of sp³-hybridized carbons (Fsp3) is 0.321. The summed E-state index contributed by atoms with van der Waals surface area (Å²) in [5, 5.41) is 2.43. The monoisotopic (exact) mass is 489 g/mol. The van der Waals surface area contributed by atoms with Crippen LogP contribution in [0.3, 0.4) is 0 Å². The Bertz CT molecular complexity index is 1350. The summed E-state index contributed by atoms with van der Waals surface area (Å²) in [6.07, 6.45) is 2.95. The van der Waals surface area contributed by atoms with Gasteiger partial charge in [0.25, 0.3) is 11.5 Å². The third kappa shape index (κ3) is 5.15. The largest absolute Gasteiger partial charge is 0.492 e. The molecule has 0 bridgehead atoms. The second-order valence-corrected chi connectivity index (χ2v) is 9.34. The van der Waals surface area contributed by atoms with Crippen molar-refractivity contribution >= 4 is 28.1 Å². The molecule has 6 nitrogen and oxygen atoms in total. The number of nitrogens with zero attached hydrogens (tertiary/aromatic N) is 3. The molecular formula is C28H31N3O3S. The lowest BCUT2D eigenvalue weighted by Gasteiger charge is -2.30. The second kappa shape index (κ2) is 11.3. The van der Waals surface area contributed by atoms with E-state index in [4.69, 9.17) is 9.72 Å². The quantitative estimate of drug-likeness (QED) is 0.247. The third-order valence-electron chi connectivity index (χ3n) is 6.04. The Morgan fingerprint density at radius 3 is 2.57 bits per heavy atom. The topological polar surface area (TPSA) is 64.4 Å². The second-order valence-electron chi connectivity index (χ2n) is 8.39. The van der Waals surface area contributed by atoms with E-state index in [0.29, 0.717) is 46.2 Å². The van der Waals surface area contributed by atoms with Crippen molar-refractivity contribution in [2.45, 2.75) is 46.1 Å². The number of para-hydroxylation sites is 3. The van der Waals surface area contributed by atoms with Crippen LogP contribution in [0.1, 0.15) is 61.6 Å². The van der Waals surface area contributed by atoms with Gasteiger partial charge in [0.15, 0.2) is 0 Å². The average Bonchev–Trinajstić information content (AvgIpc) is 3.42. The first-order chi connectivity index (χ1) is 17.1. The van der Waals surface area contributed by atoms with Crippen LogP contribution < -0.4 is 10.3 Å². The van der Waals surface area contributed by atoms with E-state index >= 15 is 0 Å². The van der Waals surface area contributed by atoms with E-state index in [1.54, 1.807) is 10.6 Å². The van der Waals surface area contributed by atoms with Crippen LogP contribution in [0.15, 0.2) is 70.8 Å². The van der Waals surface area contributed by atoms with Crippen molar-refractivity contribution in [1.82, 2.24) is 14.5 Å². The Hall–Kier alpha value is -3.45.